The molecule has 1 nitrogen and oxygen atoms in total. The van der Waals surface area contributed by atoms with Crippen LogP contribution in [0.3, 0.4) is 0 Å². The molecule has 3 rings (SSSR count). The van der Waals surface area contributed by atoms with Crippen LogP contribution in [0.4, 0.5) is 5.69 Å². The van der Waals surface area contributed by atoms with Gasteiger partial charge in [0.05, 0.1) is 0 Å². The summed E-state index contributed by atoms with van der Waals surface area (Å²) in [6.45, 7) is 3.27. The number of hydrogen-bond donors (Lipinski definition) is 1. The van der Waals surface area contributed by atoms with Crippen molar-refractivity contribution in [3.05, 3.63) is 64.7 Å². The highest BCUT2D eigenvalue weighted by Gasteiger charge is 2.12. The standard InChI is InChI=1S/C17H19N/c1-13-5-2-6-14(11-13)12-15-7-3-9-17-16(15)8-4-10-18-17/h2-3,5-7,9,11,18H,4,8,10,12H2,1H3. The third-order valence-electron chi connectivity index (χ3n) is 3.67. The van der Waals surface area contributed by atoms with Crippen molar-refractivity contribution in [2.45, 2.75) is 26.2 Å². The summed E-state index contributed by atoms with van der Waals surface area (Å²) < 4.78 is 0. The Morgan fingerprint density at radius 1 is 1.11 bits per heavy atom. The third-order valence-corrected chi connectivity index (χ3v) is 3.67. The predicted octanol–water partition coefficient (Wildman–Crippen LogP) is 3.94. The van der Waals surface area contributed by atoms with Crippen molar-refractivity contribution < 1.29 is 0 Å². The molecular weight excluding hydrogens is 218 g/mol. The Balaban J connectivity index is 1.93. The van der Waals surface area contributed by atoms with Crippen LogP contribution in [0.1, 0.15) is 28.7 Å². The number of nitrogens with one attached hydrogen (secondary N) is 1. The van der Waals surface area contributed by atoms with E-state index >= 15 is 0 Å². The van der Waals surface area contributed by atoms with Crippen molar-refractivity contribution >= 4 is 5.69 Å². The van der Waals surface area contributed by atoms with Gasteiger partial charge in [-0.2, -0.15) is 0 Å². The molecule has 1 N–H and O–H groups in total. The third kappa shape index (κ3) is 2.26. The van der Waals surface area contributed by atoms with Gasteiger partial charge in [0.15, 0.2) is 0 Å². The minimum Gasteiger partial charge on any atom is -0.385 e. The fraction of sp³-hybridized carbons (Fsp3) is 0.294. The van der Waals surface area contributed by atoms with E-state index in [1.54, 1.807) is 0 Å². The summed E-state index contributed by atoms with van der Waals surface area (Å²) in [5, 5.41) is 3.50. The predicted molar refractivity (Wildman–Crippen MR) is 77.2 cm³/mol. The van der Waals surface area contributed by atoms with Crippen LogP contribution in [0.5, 0.6) is 0 Å². The SMILES string of the molecule is Cc1cccc(Cc2cccc3c2CCCN3)c1. The molecule has 1 heterocycles. The number of benzene rings is 2. The fourth-order valence-electron chi connectivity index (χ4n) is 2.79. The summed E-state index contributed by atoms with van der Waals surface area (Å²) in [4.78, 5) is 0. The number of fused-ring (bicyclic) bond motifs is 1. The smallest absolute Gasteiger partial charge is 0.0375 e. The molecule has 2 aromatic carbocycles. The fourth-order valence-corrected chi connectivity index (χ4v) is 2.79. The second kappa shape index (κ2) is 4.85. The lowest BCUT2D eigenvalue weighted by Crippen LogP contribution is -2.13. The van der Waals surface area contributed by atoms with Crippen molar-refractivity contribution in [2.75, 3.05) is 11.9 Å². The van der Waals surface area contributed by atoms with Gasteiger partial charge in [-0.1, -0.05) is 42.0 Å². The van der Waals surface area contributed by atoms with E-state index in [0.717, 1.165) is 13.0 Å². The van der Waals surface area contributed by atoms with Gasteiger partial charge in [-0.3, -0.25) is 0 Å². The lowest BCUT2D eigenvalue weighted by Gasteiger charge is -2.21. The van der Waals surface area contributed by atoms with Crippen LogP contribution in [-0.2, 0) is 12.8 Å². The first-order valence-corrected chi connectivity index (χ1v) is 6.73. The minimum absolute atomic E-state index is 1.05. The van der Waals surface area contributed by atoms with Gasteiger partial charge in [0.25, 0.3) is 0 Å². The molecule has 2 aromatic rings. The maximum absolute atomic E-state index is 3.50. The quantitative estimate of drug-likeness (QED) is 0.834. The van der Waals surface area contributed by atoms with Crippen molar-refractivity contribution in [2.24, 2.45) is 0 Å². The van der Waals surface area contributed by atoms with Crippen LogP contribution >= 0.6 is 0 Å². The summed E-state index contributed by atoms with van der Waals surface area (Å²) >= 11 is 0. The summed E-state index contributed by atoms with van der Waals surface area (Å²) in [5.41, 5.74) is 7.09. The first-order chi connectivity index (χ1) is 8.83. The van der Waals surface area contributed by atoms with Crippen LogP contribution in [0.2, 0.25) is 0 Å². The molecule has 0 unspecified atom stereocenters. The monoisotopic (exact) mass is 237 g/mol. The minimum atomic E-state index is 1.05. The molecule has 1 heteroatoms. The summed E-state index contributed by atoms with van der Waals surface area (Å²) in [6.07, 6.45) is 3.51. The molecule has 1 aliphatic rings. The molecule has 92 valence electrons. The van der Waals surface area contributed by atoms with E-state index in [1.807, 2.05) is 0 Å². The largest absolute Gasteiger partial charge is 0.385 e. The number of rotatable bonds is 2. The van der Waals surface area contributed by atoms with Crippen molar-refractivity contribution in [1.29, 1.82) is 0 Å². The molecule has 0 spiro atoms. The van der Waals surface area contributed by atoms with Crippen LogP contribution in [0, 0.1) is 6.92 Å². The topological polar surface area (TPSA) is 12.0 Å². The highest BCUT2D eigenvalue weighted by molar-refractivity contribution is 5.57. The van der Waals surface area contributed by atoms with E-state index in [9.17, 15) is 0 Å². The Hall–Kier alpha value is -1.76. The Labute approximate surface area is 109 Å². The van der Waals surface area contributed by atoms with Gasteiger partial charge in [0.2, 0.25) is 0 Å². The van der Waals surface area contributed by atoms with E-state index in [1.165, 1.54) is 40.8 Å². The van der Waals surface area contributed by atoms with Crippen molar-refractivity contribution in [3.63, 3.8) is 0 Å². The Bertz CT molecular complexity index is 557. The highest BCUT2D eigenvalue weighted by atomic mass is 14.9. The van der Waals surface area contributed by atoms with E-state index in [-0.39, 0.29) is 0 Å². The molecule has 0 atom stereocenters. The van der Waals surface area contributed by atoms with Crippen LogP contribution < -0.4 is 5.32 Å². The van der Waals surface area contributed by atoms with Gasteiger partial charge in [-0.05, 0) is 48.9 Å². The first-order valence-electron chi connectivity index (χ1n) is 6.73. The molecule has 0 saturated heterocycles. The average Bonchev–Trinajstić information content (AvgIpc) is 2.39. The normalized spacial score (nSPS) is 13.8. The van der Waals surface area contributed by atoms with E-state index in [0.29, 0.717) is 0 Å². The molecule has 0 aromatic heterocycles. The zero-order chi connectivity index (χ0) is 12.4. The highest BCUT2D eigenvalue weighted by Crippen LogP contribution is 2.27. The molecular formula is C17H19N. The average molecular weight is 237 g/mol. The van der Waals surface area contributed by atoms with Gasteiger partial charge >= 0.3 is 0 Å². The van der Waals surface area contributed by atoms with E-state index in [2.05, 4.69) is 54.7 Å². The maximum atomic E-state index is 3.50. The molecule has 0 aliphatic carbocycles. The molecule has 0 radical (unpaired) electrons. The Kier molecular flexibility index (Phi) is 3.06. The van der Waals surface area contributed by atoms with E-state index in [4.69, 9.17) is 0 Å². The summed E-state index contributed by atoms with van der Waals surface area (Å²) in [6, 6.07) is 15.5. The Morgan fingerprint density at radius 3 is 2.89 bits per heavy atom. The second-order valence-electron chi connectivity index (χ2n) is 5.14. The van der Waals surface area contributed by atoms with Gasteiger partial charge in [0, 0.05) is 12.2 Å². The van der Waals surface area contributed by atoms with Crippen molar-refractivity contribution in [1.82, 2.24) is 0 Å². The van der Waals surface area contributed by atoms with Gasteiger partial charge in [0.1, 0.15) is 0 Å². The number of aryl methyl sites for hydroxylation is 1. The van der Waals surface area contributed by atoms with E-state index < -0.39 is 0 Å². The molecule has 0 amide bonds. The number of hydrogen-bond acceptors (Lipinski definition) is 1. The molecule has 1 aliphatic heterocycles. The maximum Gasteiger partial charge on any atom is 0.0375 e. The lowest BCUT2D eigenvalue weighted by atomic mass is 9.93. The van der Waals surface area contributed by atoms with Crippen LogP contribution in [0.25, 0.3) is 0 Å². The lowest BCUT2D eigenvalue weighted by molar-refractivity contribution is 0.819. The first kappa shape index (κ1) is 11.3. The second-order valence-corrected chi connectivity index (χ2v) is 5.14. The zero-order valence-corrected chi connectivity index (χ0v) is 10.9. The van der Waals surface area contributed by atoms with Crippen molar-refractivity contribution in [3.8, 4) is 0 Å². The summed E-state index contributed by atoms with van der Waals surface area (Å²) in [5.74, 6) is 0. The van der Waals surface area contributed by atoms with Crippen LogP contribution in [0.15, 0.2) is 42.5 Å². The van der Waals surface area contributed by atoms with Gasteiger partial charge < -0.3 is 5.32 Å². The molecule has 0 fully saturated rings. The molecule has 18 heavy (non-hydrogen) atoms. The summed E-state index contributed by atoms with van der Waals surface area (Å²) in [7, 11) is 0. The Morgan fingerprint density at radius 2 is 2.00 bits per heavy atom. The number of anilines is 1. The zero-order valence-electron chi connectivity index (χ0n) is 10.9. The van der Waals surface area contributed by atoms with Crippen LogP contribution in [-0.4, -0.2) is 6.54 Å². The van der Waals surface area contributed by atoms with Gasteiger partial charge in [-0.25, -0.2) is 0 Å². The molecule has 0 saturated carbocycles. The molecule has 0 bridgehead atoms. The van der Waals surface area contributed by atoms with Gasteiger partial charge in [-0.15, -0.1) is 0 Å².